The molecule has 0 aliphatic carbocycles. The lowest BCUT2D eigenvalue weighted by atomic mass is 10.3. The lowest BCUT2D eigenvalue weighted by Crippen LogP contribution is -2.33. The molecule has 0 aliphatic heterocycles. The number of ether oxygens (including phenoxy) is 1. The number of aryl methyl sites for hydroxylation is 1. The third kappa shape index (κ3) is 4.66. The number of carbonyl (C=O) groups excluding carboxylic acids is 1. The van der Waals surface area contributed by atoms with E-state index < -0.39 is 6.09 Å². The molecule has 0 spiro atoms. The Kier molecular flexibility index (Phi) is 5.89. The molecule has 0 aliphatic rings. The molecule has 1 aromatic carbocycles. The molecule has 0 radical (unpaired) electrons. The van der Waals surface area contributed by atoms with Gasteiger partial charge in [0.2, 0.25) is 0 Å². The molecule has 0 unspecified atom stereocenters. The van der Waals surface area contributed by atoms with E-state index >= 15 is 0 Å². The summed E-state index contributed by atoms with van der Waals surface area (Å²) in [5.74, 6) is 0.607. The van der Waals surface area contributed by atoms with Crippen LogP contribution in [0.4, 0.5) is 22.0 Å². The molecular weight excluding hydrogens is 322 g/mol. The van der Waals surface area contributed by atoms with Crippen molar-refractivity contribution in [3.63, 3.8) is 0 Å². The standard InChI is InChI=1S/C17H21N5O3/c1-4-22(5-2)17(24)25-13-8-6-12(7-9-13)20-21-14-10-15(23)11(3)19-16(14)18/h6-10,23H,4-5H2,1-3H3,(H2,18,19). The van der Waals surface area contributed by atoms with Gasteiger partial charge in [0.1, 0.15) is 17.2 Å². The van der Waals surface area contributed by atoms with Crippen LogP contribution < -0.4 is 10.5 Å². The summed E-state index contributed by atoms with van der Waals surface area (Å²) in [6, 6.07) is 7.98. The van der Waals surface area contributed by atoms with Crippen molar-refractivity contribution >= 4 is 23.3 Å². The average molecular weight is 343 g/mol. The molecule has 1 aromatic heterocycles. The first-order valence-corrected chi connectivity index (χ1v) is 7.89. The normalized spacial score (nSPS) is 10.8. The number of benzene rings is 1. The van der Waals surface area contributed by atoms with Crippen molar-refractivity contribution in [2.75, 3.05) is 18.8 Å². The predicted octanol–water partition coefficient (Wildman–Crippen LogP) is 3.93. The minimum atomic E-state index is -0.395. The van der Waals surface area contributed by atoms with Crippen LogP contribution >= 0.6 is 0 Å². The Morgan fingerprint density at radius 2 is 1.88 bits per heavy atom. The molecule has 0 saturated heterocycles. The molecular formula is C17H21N5O3. The smallest absolute Gasteiger partial charge is 0.415 e. The maximum absolute atomic E-state index is 11.9. The molecule has 8 nitrogen and oxygen atoms in total. The maximum Gasteiger partial charge on any atom is 0.415 e. The molecule has 0 atom stereocenters. The fourth-order valence-electron chi connectivity index (χ4n) is 2.02. The summed E-state index contributed by atoms with van der Waals surface area (Å²) in [5.41, 5.74) is 7.00. The summed E-state index contributed by atoms with van der Waals surface area (Å²) in [6.07, 6.45) is -0.395. The van der Waals surface area contributed by atoms with Gasteiger partial charge in [-0.05, 0) is 45.0 Å². The number of anilines is 1. The van der Waals surface area contributed by atoms with Gasteiger partial charge < -0.3 is 20.5 Å². The first-order valence-electron chi connectivity index (χ1n) is 7.89. The third-order valence-corrected chi connectivity index (χ3v) is 3.53. The second kappa shape index (κ2) is 8.09. The van der Waals surface area contributed by atoms with Gasteiger partial charge >= 0.3 is 6.09 Å². The van der Waals surface area contributed by atoms with Gasteiger partial charge in [-0.1, -0.05) is 0 Å². The van der Waals surface area contributed by atoms with Crippen LogP contribution in [0.25, 0.3) is 0 Å². The average Bonchev–Trinajstić information content (AvgIpc) is 2.59. The molecule has 3 N–H and O–H groups in total. The summed E-state index contributed by atoms with van der Waals surface area (Å²) >= 11 is 0. The van der Waals surface area contributed by atoms with Gasteiger partial charge in [-0.3, -0.25) is 0 Å². The lowest BCUT2D eigenvalue weighted by molar-refractivity contribution is 0.157. The van der Waals surface area contributed by atoms with Crippen LogP contribution in [0.15, 0.2) is 40.6 Å². The van der Waals surface area contributed by atoms with Gasteiger partial charge in [-0.2, -0.15) is 5.11 Å². The minimum Gasteiger partial charge on any atom is -0.506 e. The Balaban J connectivity index is 2.08. The molecule has 0 saturated carbocycles. The van der Waals surface area contributed by atoms with E-state index in [4.69, 9.17) is 10.5 Å². The van der Waals surface area contributed by atoms with E-state index in [1.807, 2.05) is 13.8 Å². The Hall–Kier alpha value is -3.16. The molecule has 2 aromatic rings. The molecule has 132 valence electrons. The first-order chi connectivity index (χ1) is 11.9. The van der Waals surface area contributed by atoms with E-state index in [9.17, 15) is 9.90 Å². The van der Waals surface area contributed by atoms with Gasteiger partial charge in [0, 0.05) is 19.2 Å². The van der Waals surface area contributed by atoms with Crippen molar-refractivity contribution < 1.29 is 14.6 Å². The van der Waals surface area contributed by atoms with Gasteiger partial charge in [0.15, 0.2) is 5.82 Å². The van der Waals surface area contributed by atoms with E-state index in [-0.39, 0.29) is 17.3 Å². The summed E-state index contributed by atoms with van der Waals surface area (Å²) in [5, 5.41) is 17.7. The molecule has 1 amide bonds. The molecule has 8 heteroatoms. The number of hydrogen-bond donors (Lipinski definition) is 2. The highest BCUT2D eigenvalue weighted by molar-refractivity contribution is 5.70. The largest absolute Gasteiger partial charge is 0.506 e. The first kappa shape index (κ1) is 18.2. The molecule has 2 rings (SSSR count). The summed E-state index contributed by atoms with van der Waals surface area (Å²) in [6.45, 7) is 6.58. The molecule has 0 bridgehead atoms. The number of aromatic hydroxyl groups is 1. The number of aromatic nitrogens is 1. The van der Waals surface area contributed by atoms with Crippen molar-refractivity contribution in [3.05, 3.63) is 36.0 Å². The Bertz CT molecular complexity index is 771. The number of nitrogens with two attached hydrogens (primary N) is 1. The van der Waals surface area contributed by atoms with Crippen LogP contribution in [0, 0.1) is 6.92 Å². The highest BCUT2D eigenvalue weighted by Gasteiger charge is 2.11. The SMILES string of the molecule is CCN(CC)C(=O)Oc1ccc(N=Nc2cc(O)c(C)nc2N)cc1. The Morgan fingerprint density at radius 1 is 1.24 bits per heavy atom. The predicted molar refractivity (Wildman–Crippen MR) is 94.6 cm³/mol. The van der Waals surface area contributed by atoms with Crippen LogP contribution in [0.5, 0.6) is 11.5 Å². The summed E-state index contributed by atoms with van der Waals surface area (Å²) in [4.78, 5) is 17.4. The highest BCUT2D eigenvalue weighted by Crippen LogP contribution is 2.29. The number of pyridine rings is 1. The fourth-order valence-corrected chi connectivity index (χ4v) is 2.02. The quantitative estimate of drug-likeness (QED) is 0.798. The van der Waals surface area contributed by atoms with Gasteiger partial charge in [0.05, 0.1) is 11.4 Å². The maximum atomic E-state index is 11.9. The molecule has 25 heavy (non-hydrogen) atoms. The van der Waals surface area contributed by atoms with E-state index in [0.717, 1.165) is 0 Å². The molecule has 0 fully saturated rings. The minimum absolute atomic E-state index is 0.00168. The Morgan fingerprint density at radius 3 is 2.48 bits per heavy atom. The number of carbonyl (C=O) groups is 1. The summed E-state index contributed by atoms with van der Waals surface area (Å²) < 4.78 is 5.28. The number of nitrogens with zero attached hydrogens (tertiary/aromatic N) is 4. The lowest BCUT2D eigenvalue weighted by Gasteiger charge is -2.17. The number of azo groups is 1. The number of amides is 1. The monoisotopic (exact) mass is 343 g/mol. The van der Waals surface area contributed by atoms with Crippen LogP contribution in [0.1, 0.15) is 19.5 Å². The zero-order valence-electron chi connectivity index (χ0n) is 14.4. The second-order valence-electron chi connectivity index (χ2n) is 5.23. The van der Waals surface area contributed by atoms with Crippen molar-refractivity contribution in [1.82, 2.24) is 9.88 Å². The summed E-state index contributed by atoms with van der Waals surface area (Å²) in [7, 11) is 0. The number of hydrogen-bond acceptors (Lipinski definition) is 7. The zero-order chi connectivity index (χ0) is 18.4. The van der Waals surface area contributed by atoms with E-state index in [0.29, 0.717) is 30.2 Å². The second-order valence-corrected chi connectivity index (χ2v) is 5.23. The van der Waals surface area contributed by atoms with Crippen LogP contribution in [0.2, 0.25) is 0 Å². The van der Waals surface area contributed by atoms with Crippen molar-refractivity contribution in [1.29, 1.82) is 0 Å². The molecule has 1 heterocycles. The van der Waals surface area contributed by atoms with Crippen LogP contribution in [-0.2, 0) is 0 Å². The van der Waals surface area contributed by atoms with E-state index in [2.05, 4.69) is 15.2 Å². The topological polar surface area (TPSA) is 113 Å². The van der Waals surface area contributed by atoms with E-state index in [1.165, 1.54) is 6.07 Å². The fraction of sp³-hybridized carbons (Fsp3) is 0.294. The van der Waals surface area contributed by atoms with Gasteiger partial charge in [0.25, 0.3) is 0 Å². The number of rotatable bonds is 5. The zero-order valence-corrected chi connectivity index (χ0v) is 14.4. The van der Waals surface area contributed by atoms with E-state index in [1.54, 1.807) is 36.1 Å². The third-order valence-electron chi connectivity index (χ3n) is 3.53. The van der Waals surface area contributed by atoms with Crippen molar-refractivity contribution in [3.8, 4) is 11.5 Å². The van der Waals surface area contributed by atoms with Crippen LogP contribution in [-0.4, -0.2) is 34.2 Å². The van der Waals surface area contributed by atoms with Crippen LogP contribution in [0.3, 0.4) is 0 Å². The van der Waals surface area contributed by atoms with Gasteiger partial charge in [-0.15, -0.1) is 5.11 Å². The van der Waals surface area contributed by atoms with Crippen molar-refractivity contribution in [2.24, 2.45) is 10.2 Å². The highest BCUT2D eigenvalue weighted by atomic mass is 16.6. The van der Waals surface area contributed by atoms with Crippen molar-refractivity contribution in [2.45, 2.75) is 20.8 Å². The number of nitrogen functional groups attached to an aromatic ring is 1. The Labute approximate surface area is 146 Å². The van der Waals surface area contributed by atoms with Gasteiger partial charge in [-0.25, -0.2) is 9.78 Å².